The number of rotatable bonds is 22. The first kappa shape index (κ1) is 49.9. The van der Waals surface area contributed by atoms with Crippen LogP contribution in [-0.4, -0.2) is 102 Å². The van der Waals surface area contributed by atoms with Crippen LogP contribution >= 0.6 is 0 Å². The number of hydrogen-bond acceptors (Lipinski definition) is 10. The van der Waals surface area contributed by atoms with Gasteiger partial charge in [-0.2, -0.15) is 0 Å². The number of carbonyl (C=O) groups excluding carboxylic acids is 4. The lowest BCUT2D eigenvalue weighted by Crippen LogP contribution is -2.45. The third-order valence-corrected chi connectivity index (χ3v) is 10.9. The number of hydrogen-bond donors (Lipinski definition) is 10. The van der Waals surface area contributed by atoms with Crippen LogP contribution in [0.4, 0.5) is 0 Å². The number of nitrogens with one attached hydrogen (secondary N) is 4. The summed E-state index contributed by atoms with van der Waals surface area (Å²) in [5.74, 6) is -10.2. The summed E-state index contributed by atoms with van der Waals surface area (Å²) >= 11 is 0. The molecule has 4 amide bonds. The highest BCUT2D eigenvalue weighted by Gasteiger charge is 2.30. The molecule has 4 rings (SSSR count). The molecule has 18 heteroatoms. The van der Waals surface area contributed by atoms with Gasteiger partial charge in [-0.15, -0.1) is 0 Å². The lowest BCUT2D eigenvalue weighted by Gasteiger charge is -2.22. The van der Waals surface area contributed by atoms with E-state index in [0.717, 1.165) is 6.07 Å². The molecule has 10 N–H and O–H groups in total. The fourth-order valence-electron chi connectivity index (χ4n) is 6.78. The number of amides is 4. The van der Waals surface area contributed by atoms with E-state index in [2.05, 4.69) is 21.3 Å². The second kappa shape index (κ2) is 22.5. The van der Waals surface area contributed by atoms with E-state index in [4.69, 9.17) is 0 Å². The van der Waals surface area contributed by atoms with Crippen LogP contribution in [0.1, 0.15) is 104 Å². The van der Waals surface area contributed by atoms with Gasteiger partial charge in [0.15, 0.2) is 0 Å². The van der Waals surface area contributed by atoms with Crippen molar-refractivity contribution in [2.24, 2.45) is 11.8 Å². The molecule has 0 saturated heterocycles. The molecule has 65 heavy (non-hydrogen) atoms. The lowest BCUT2D eigenvalue weighted by molar-refractivity contribution is -0.141. The summed E-state index contributed by atoms with van der Waals surface area (Å²) < 4.78 is 0. The molecule has 0 aliphatic heterocycles. The summed E-state index contributed by atoms with van der Waals surface area (Å²) in [6.07, 6.45) is 0.141. The molecule has 0 bridgehead atoms. The summed E-state index contributed by atoms with van der Waals surface area (Å²) in [6, 6.07) is 13.2. The van der Waals surface area contributed by atoms with Crippen LogP contribution in [0.25, 0.3) is 0 Å². The van der Waals surface area contributed by atoms with Crippen molar-refractivity contribution >= 4 is 47.5 Å². The topological polar surface area (TPSA) is 306 Å². The number of carboxylic acid groups (broad SMARTS) is 4. The molecule has 0 saturated carbocycles. The first-order chi connectivity index (χ1) is 30.7. The summed E-state index contributed by atoms with van der Waals surface area (Å²) in [4.78, 5) is 104. The van der Waals surface area contributed by atoms with Gasteiger partial charge in [0.25, 0.3) is 23.6 Å². The van der Waals surface area contributed by atoms with Gasteiger partial charge >= 0.3 is 23.9 Å². The Labute approximate surface area is 373 Å². The predicted molar refractivity (Wildman–Crippen MR) is 234 cm³/mol. The normalized spacial score (nSPS) is 13.7. The Bertz CT molecular complexity index is 2260. The summed E-state index contributed by atoms with van der Waals surface area (Å²) in [6.45, 7) is 6.74. The molecule has 4 aromatic rings. The molecule has 0 fully saturated rings. The number of carbonyl (C=O) groups is 8. The lowest BCUT2D eigenvalue weighted by atomic mass is 9.94. The summed E-state index contributed by atoms with van der Waals surface area (Å²) in [5, 5.41) is 69.0. The Morgan fingerprint density at radius 1 is 0.431 bits per heavy atom. The van der Waals surface area contributed by atoms with Crippen molar-refractivity contribution in [3.05, 3.63) is 129 Å². The van der Waals surface area contributed by atoms with Crippen LogP contribution in [0, 0.1) is 11.8 Å². The van der Waals surface area contributed by atoms with Gasteiger partial charge < -0.3 is 51.9 Å². The zero-order valence-corrected chi connectivity index (χ0v) is 36.0. The van der Waals surface area contributed by atoms with E-state index in [9.17, 15) is 69.0 Å². The number of phenols is 2. The second-order valence-corrected chi connectivity index (χ2v) is 15.8. The highest BCUT2D eigenvalue weighted by atomic mass is 16.4. The highest BCUT2D eigenvalue weighted by molar-refractivity contribution is 6.03. The Hall–Kier alpha value is -7.76. The van der Waals surface area contributed by atoms with Gasteiger partial charge in [0.2, 0.25) is 0 Å². The Morgan fingerprint density at radius 2 is 0.723 bits per heavy atom. The minimum absolute atomic E-state index is 0.0644. The SMILES string of the molecule is CCC(C)C(NC(=O)c1cc(Cc2cc(C(=O)NC(Cc3ccc(O)cc3)C(=O)O)cc(C(=O)NC(Cc3ccc(O)cc3)C(=O)O)c2)cc(C(=O)NC(C(=O)O)C(C)CC)c1)C(=O)O. The Kier molecular flexibility index (Phi) is 17.3. The maximum Gasteiger partial charge on any atom is 0.326 e. The molecule has 0 radical (unpaired) electrons. The second-order valence-electron chi connectivity index (χ2n) is 15.8. The molecule has 0 heterocycles. The van der Waals surface area contributed by atoms with E-state index in [1.54, 1.807) is 27.7 Å². The molecule has 0 aliphatic rings. The summed E-state index contributed by atoms with van der Waals surface area (Å²) in [5.41, 5.74) is 0.453. The van der Waals surface area contributed by atoms with Gasteiger partial charge in [-0.1, -0.05) is 64.8 Å². The zero-order chi connectivity index (χ0) is 48.1. The molecular formula is C47H52N4O14. The van der Waals surface area contributed by atoms with Gasteiger partial charge in [0, 0.05) is 35.1 Å². The standard InChI is InChI=1S/C47H52N4O14/c1-5-24(3)38(46(62)63)50-42(56)32-18-29(19-33(23-32)43(57)51-39(47(64)65)25(4)6-2)15-28-16-30(40(54)48-36(44(58)59)20-26-7-11-34(52)12-8-26)22-31(17-28)41(55)49-37(45(60)61)21-27-9-13-35(53)14-10-27/h7-14,16-19,22-25,36-39,52-53H,5-6,15,20-21H2,1-4H3,(H,48,54)(H,49,55)(H,50,56)(H,51,57)(H,58,59)(H,60,61)(H,62,63)(H,64,65). The molecule has 0 spiro atoms. The average Bonchev–Trinajstić information content (AvgIpc) is 3.26. The van der Waals surface area contributed by atoms with Gasteiger partial charge in [-0.3, -0.25) is 19.2 Å². The van der Waals surface area contributed by atoms with Gasteiger partial charge in [-0.05, 0) is 101 Å². The molecule has 18 nitrogen and oxygen atoms in total. The van der Waals surface area contributed by atoms with E-state index in [1.807, 2.05) is 0 Å². The summed E-state index contributed by atoms with van der Waals surface area (Å²) in [7, 11) is 0. The first-order valence-electron chi connectivity index (χ1n) is 20.7. The molecular weight excluding hydrogens is 845 g/mol. The van der Waals surface area contributed by atoms with Gasteiger partial charge in [0.05, 0.1) is 0 Å². The molecule has 6 atom stereocenters. The Morgan fingerprint density at radius 3 is 0.985 bits per heavy atom. The van der Waals surface area contributed by atoms with E-state index in [0.29, 0.717) is 24.0 Å². The third-order valence-electron chi connectivity index (χ3n) is 10.9. The van der Waals surface area contributed by atoms with E-state index >= 15 is 0 Å². The molecule has 0 aliphatic carbocycles. The molecule has 6 unspecified atom stereocenters. The van der Waals surface area contributed by atoms with E-state index in [-0.39, 0.29) is 64.1 Å². The molecule has 0 aromatic heterocycles. The number of aliphatic carboxylic acids is 4. The van der Waals surface area contributed by atoms with Crippen LogP contribution in [0.5, 0.6) is 11.5 Å². The van der Waals surface area contributed by atoms with Crippen LogP contribution in [0.3, 0.4) is 0 Å². The molecule has 4 aromatic carbocycles. The van der Waals surface area contributed by atoms with E-state index < -0.39 is 83.5 Å². The number of benzene rings is 4. The Balaban J connectivity index is 1.82. The van der Waals surface area contributed by atoms with Crippen molar-refractivity contribution in [1.82, 2.24) is 21.3 Å². The van der Waals surface area contributed by atoms with Crippen LogP contribution in [0.2, 0.25) is 0 Å². The van der Waals surface area contributed by atoms with Crippen molar-refractivity contribution in [2.75, 3.05) is 0 Å². The minimum Gasteiger partial charge on any atom is -0.508 e. The minimum atomic E-state index is -1.50. The van der Waals surface area contributed by atoms with Crippen LogP contribution in [-0.2, 0) is 38.4 Å². The highest BCUT2D eigenvalue weighted by Crippen LogP contribution is 2.22. The average molecular weight is 897 g/mol. The number of carboxylic acids is 4. The van der Waals surface area contributed by atoms with E-state index in [1.165, 1.54) is 78.9 Å². The largest absolute Gasteiger partial charge is 0.508 e. The smallest absolute Gasteiger partial charge is 0.326 e. The number of aromatic hydroxyl groups is 2. The van der Waals surface area contributed by atoms with Crippen molar-refractivity contribution in [3.8, 4) is 11.5 Å². The zero-order valence-electron chi connectivity index (χ0n) is 36.0. The quantitative estimate of drug-likeness (QED) is 0.0534. The van der Waals surface area contributed by atoms with Gasteiger partial charge in [0.1, 0.15) is 35.7 Å². The van der Waals surface area contributed by atoms with Crippen molar-refractivity contribution < 1.29 is 69.0 Å². The van der Waals surface area contributed by atoms with Crippen LogP contribution < -0.4 is 21.3 Å². The maximum atomic E-state index is 13.9. The van der Waals surface area contributed by atoms with Crippen molar-refractivity contribution in [3.63, 3.8) is 0 Å². The fourth-order valence-corrected chi connectivity index (χ4v) is 6.78. The van der Waals surface area contributed by atoms with Crippen molar-refractivity contribution in [2.45, 2.75) is 84.0 Å². The molecule has 344 valence electrons. The predicted octanol–water partition coefficient (Wildman–Crippen LogP) is 4.00. The third kappa shape index (κ3) is 14.1. The first-order valence-corrected chi connectivity index (χ1v) is 20.7. The number of phenolic OH excluding ortho intramolecular Hbond substituents is 2. The maximum absolute atomic E-state index is 13.9. The monoisotopic (exact) mass is 896 g/mol. The fraction of sp³-hybridized carbons (Fsp3) is 0.319. The van der Waals surface area contributed by atoms with Gasteiger partial charge in [-0.25, -0.2) is 19.2 Å². The van der Waals surface area contributed by atoms with Crippen LogP contribution in [0.15, 0.2) is 84.9 Å². The van der Waals surface area contributed by atoms with Crippen molar-refractivity contribution in [1.29, 1.82) is 0 Å².